The molecule has 0 spiro atoms. The van der Waals surface area contributed by atoms with Gasteiger partial charge in [0.05, 0.1) is 17.3 Å². The lowest BCUT2D eigenvalue weighted by Crippen LogP contribution is -2.52. The van der Waals surface area contributed by atoms with Crippen LogP contribution in [0.3, 0.4) is 0 Å². The van der Waals surface area contributed by atoms with Gasteiger partial charge in [-0.3, -0.25) is 4.79 Å². The van der Waals surface area contributed by atoms with E-state index in [9.17, 15) is 19.5 Å². The van der Waals surface area contributed by atoms with E-state index in [2.05, 4.69) is 5.32 Å². The minimum atomic E-state index is -1.20. The average molecular weight is 471 g/mol. The largest absolute Gasteiger partial charge is 0.626 e. The molecular weight excluding hydrogens is 439 g/mol. The number of nitrogens with zero attached hydrogens (tertiary/aromatic N) is 3. The third-order valence-electron chi connectivity index (χ3n) is 5.81. The molecule has 2 saturated heterocycles. The standard InChI is InChI=1S/C21H31FN4O5S/c1-3-20(32)23-11-16-12-26(29,14-31-16)15-4-5-18(17(22)10-15)24-6-8-25(9-7-24)21(28)19(27)13-30-2/h4-5,10,16,19,27H,3,6-9,11-14H2,1-2H3,(H,23,32)/t16-,19-,26?/m0/s1. The maximum absolute atomic E-state index is 14.9. The van der Waals surface area contributed by atoms with Crippen LogP contribution in [0.2, 0.25) is 0 Å². The normalized spacial score (nSPS) is 24.5. The Hall–Kier alpha value is -1.89. The molecule has 32 heavy (non-hydrogen) atoms. The number of piperazine rings is 1. The van der Waals surface area contributed by atoms with Crippen LogP contribution in [0, 0.1) is 11.0 Å². The van der Waals surface area contributed by atoms with Crippen LogP contribution in [0.15, 0.2) is 18.2 Å². The van der Waals surface area contributed by atoms with E-state index in [1.807, 2.05) is 11.8 Å². The summed E-state index contributed by atoms with van der Waals surface area (Å²) in [7, 11) is 1.42. The first-order valence-corrected chi connectivity index (χ1v) is 11.2. The average Bonchev–Trinajstić information content (AvgIpc) is 3.19. The maximum atomic E-state index is 14.9. The van der Waals surface area contributed by atoms with Crippen molar-refractivity contribution >= 4 is 34.5 Å². The number of rotatable bonds is 8. The molecule has 1 aromatic carbocycles. The van der Waals surface area contributed by atoms with Crippen molar-refractivity contribution in [3.8, 4) is 0 Å². The second kappa shape index (κ2) is 10.8. The van der Waals surface area contributed by atoms with Gasteiger partial charge in [0.2, 0.25) is 0 Å². The van der Waals surface area contributed by atoms with Gasteiger partial charge in [-0.05, 0) is 12.5 Å². The maximum Gasteiger partial charge on any atom is 0.253 e. The van der Waals surface area contributed by atoms with Crippen LogP contribution in [-0.4, -0.2) is 92.8 Å². The zero-order valence-corrected chi connectivity index (χ0v) is 19.3. The highest BCUT2D eigenvalue weighted by Crippen LogP contribution is 2.32. The number of hydrogen-bond acceptors (Lipinski definition) is 7. The molecule has 2 aliphatic rings. The van der Waals surface area contributed by atoms with Crippen LogP contribution in [0.1, 0.15) is 13.3 Å². The molecule has 1 aromatic rings. The molecular formula is C21H31FN4O5S. The third kappa shape index (κ3) is 5.72. The molecule has 1 amide bonds. The molecule has 3 rings (SSSR count). The van der Waals surface area contributed by atoms with E-state index in [-0.39, 0.29) is 26.0 Å². The van der Waals surface area contributed by atoms with E-state index < -0.39 is 22.5 Å². The molecule has 0 aromatic heterocycles. The predicted octanol–water partition coefficient (Wildman–Crippen LogP) is 0.970. The number of aliphatic hydroxyl groups is 1. The van der Waals surface area contributed by atoms with E-state index in [0.717, 1.165) is 11.4 Å². The quantitative estimate of drug-likeness (QED) is 0.330. The summed E-state index contributed by atoms with van der Waals surface area (Å²) in [6.45, 7) is 4.03. The van der Waals surface area contributed by atoms with E-state index in [4.69, 9.17) is 21.7 Å². The third-order valence-corrected chi connectivity index (χ3v) is 6.24. The van der Waals surface area contributed by atoms with Gasteiger partial charge in [0, 0.05) is 52.0 Å². The van der Waals surface area contributed by atoms with Gasteiger partial charge in [0.1, 0.15) is 18.3 Å². The molecule has 3 atom stereocenters. The highest BCUT2D eigenvalue weighted by molar-refractivity contribution is 7.80. The minimum Gasteiger partial charge on any atom is -0.626 e. The molecule has 2 N–H and O–H groups in total. The van der Waals surface area contributed by atoms with Crippen molar-refractivity contribution in [2.45, 2.75) is 25.6 Å². The summed E-state index contributed by atoms with van der Waals surface area (Å²) >= 11 is 5.14. The molecule has 1 unspecified atom stereocenters. The Morgan fingerprint density at radius 2 is 2.16 bits per heavy atom. The topological polar surface area (TPSA) is 97.3 Å². The molecule has 0 aliphatic carbocycles. The Balaban J connectivity index is 1.59. The number of ether oxygens (including phenoxy) is 2. The van der Waals surface area contributed by atoms with Gasteiger partial charge < -0.3 is 39.6 Å². The number of hydrogen-bond donors (Lipinski definition) is 2. The lowest BCUT2D eigenvalue weighted by molar-refractivity contribution is -0.143. The molecule has 11 heteroatoms. The Labute approximate surface area is 192 Å². The number of amides is 1. The SMILES string of the molecule is CCC(=S)NC[C@H]1C[N+]([O-])(c2ccc(N3CCN(C(=O)[C@@H](O)COC)CC3)c(F)c2)CO1. The summed E-state index contributed by atoms with van der Waals surface area (Å²) < 4.78 is 24.6. The van der Waals surface area contributed by atoms with Gasteiger partial charge in [-0.25, -0.2) is 4.39 Å². The van der Waals surface area contributed by atoms with Crippen molar-refractivity contribution in [1.82, 2.24) is 14.9 Å². The van der Waals surface area contributed by atoms with Crippen LogP contribution in [0.5, 0.6) is 0 Å². The Morgan fingerprint density at radius 3 is 2.78 bits per heavy atom. The van der Waals surface area contributed by atoms with Crippen molar-refractivity contribution in [1.29, 1.82) is 0 Å². The number of thiocarbonyl (C=S) groups is 1. The number of aliphatic hydroxyl groups excluding tert-OH is 1. The molecule has 2 aliphatic heterocycles. The van der Waals surface area contributed by atoms with Crippen molar-refractivity contribution in [3.63, 3.8) is 0 Å². The number of methoxy groups -OCH3 is 1. The highest BCUT2D eigenvalue weighted by Gasteiger charge is 2.35. The number of anilines is 1. The molecule has 9 nitrogen and oxygen atoms in total. The van der Waals surface area contributed by atoms with Crippen LogP contribution >= 0.6 is 12.2 Å². The van der Waals surface area contributed by atoms with Gasteiger partial charge in [-0.1, -0.05) is 19.1 Å². The van der Waals surface area contributed by atoms with Gasteiger partial charge in [0.15, 0.2) is 18.7 Å². The number of carbonyl (C=O) groups is 1. The second-order valence-electron chi connectivity index (χ2n) is 8.07. The van der Waals surface area contributed by atoms with E-state index in [0.29, 0.717) is 44.1 Å². The van der Waals surface area contributed by atoms with Gasteiger partial charge in [-0.2, -0.15) is 0 Å². The van der Waals surface area contributed by atoms with Crippen LogP contribution in [0.25, 0.3) is 0 Å². The number of halogens is 1. The van der Waals surface area contributed by atoms with Crippen molar-refractivity contribution in [2.75, 3.05) is 64.6 Å². The van der Waals surface area contributed by atoms with Crippen molar-refractivity contribution in [2.24, 2.45) is 0 Å². The zero-order valence-electron chi connectivity index (χ0n) is 18.5. The lowest BCUT2D eigenvalue weighted by Gasteiger charge is -2.38. The fourth-order valence-electron chi connectivity index (χ4n) is 3.93. The molecule has 0 radical (unpaired) electrons. The number of carbonyl (C=O) groups excluding carboxylic acids is 1. The molecule has 2 heterocycles. The molecule has 178 valence electrons. The monoisotopic (exact) mass is 470 g/mol. The Bertz CT molecular complexity index is 823. The first-order valence-electron chi connectivity index (χ1n) is 10.7. The van der Waals surface area contributed by atoms with Crippen LogP contribution in [0.4, 0.5) is 15.8 Å². The number of benzene rings is 1. The molecule has 0 saturated carbocycles. The van der Waals surface area contributed by atoms with Crippen LogP contribution in [-0.2, 0) is 14.3 Å². The predicted molar refractivity (Wildman–Crippen MR) is 124 cm³/mol. The minimum absolute atomic E-state index is 0.0593. The number of nitrogens with one attached hydrogen (secondary N) is 1. The Kier molecular flexibility index (Phi) is 8.37. The molecule has 2 fully saturated rings. The van der Waals surface area contributed by atoms with Crippen LogP contribution < -0.4 is 14.9 Å². The first-order chi connectivity index (χ1) is 15.3. The van der Waals surface area contributed by atoms with Crippen molar-refractivity contribution in [3.05, 3.63) is 29.2 Å². The summed E-state index contributed by atoms with van der Waals surface area (Å²) in [5.74, 6) is -0.873. The van der Waals surface area contributed by atoms with E-state index >= 15 is 0 Å². The van der Waals surface area contributed by atoms with E-state index in [1.165, 1.54) is 13.2 Å². The van der Waals surface area contributed by atoms with E-state index in [1.54, 1.807) is 17.0 Å². The smallest absolute Gasteiger partial charge is 0.253 e. The summed E-state index contributed by atoms with van der Waals surface area (Å²) in [5.41, 5.74) is 0.694. The zero-order chi connectivity index (χ0) is 23.3. The summed E-state index contributed by atoms with van der Waals surface area (Å²) in [6.07, 6.45) is -0.764. The Morgan fingerprint density at radius 1 is 1.44 bits per heavy atom. The van der Waals surface area contributed by atoms with Crippen molar-refractivity contribution < 1.29 is 23.8 Å². The number of quaternary nitrogens is 1. The summed E-state index contributed by atoms with van der Waals surface area (Å²) in [4.78, 5) is 16.3. The van der Waals surface area contributed by atoms with Gasteiger partial charge in [0.25, 0.3) is 5.91 Å². The number of hydroxylamine groups is 2. The fraction of sp³-hybridized carbons (Fsp3) is 0.619. The second-order valence-corrected chi connectivity index (χ2v) is 8.56. The van der Waals surface area contributed by atoms with Gasteiger partial charge >= 0.3 is 0 Å². The summed E-state index contributed by atoms with van der Waals surface area (Å²) in [6, 6.07) is 4.52. The van der Waals surface area contributed by atoms with Gasteiger partial charge in [-0.15, -0.1) is 0 Å². The molecule has 0 bridgehead atoms. The summed E-state index contributed by atoms with van der Waals surface area (Å²) in [5, 5.41) is 26.1. The fourth-order valence-corrected chi connectivity index (χ4v) is 4.01. The highest BCUT2D eigenvalue weighted by atomic mass is 32.1. The lowest BCUT2D eigenvalue weighted by atomic mass is 10.2. The first kappa shape index (κ1) is 24.7.